The third kappa shape index (κ3) is 2.80. The fourth-order valence-corrected chi connectivity index (χ4v) is 1.37. The summed E-state index contributed by atoms with van der Waals surface area (Å²) in [6, 6.07) is 0. The Morgan fingerprint density at radius 3 is 2.18 bits per heavy atom. The number of hydrogen-bond donors (Lipinski definition) is 1. The van der Waals surface area contributed by atoms with Gasteiger partial charge in [-0.1, -0.05) is 20.3 Å². The third-order valence-corrected chi connectivity index (χ3v) is 2.62. The van der Waals surface area contributed by atoms with Gasteiger partial charge in [-0.15, -0.1) is 0 Å². The lowest BCUT2D eigenvalue weighted by molar-refractivity contribution is 0.140. The van der Waals surface area contributed by atoms with Crippen molar-refractivity contribution in [2.24, 2.45) is 5.73 Å². The van der Waals surface area contributed by atoms with Crippen LogP contribution in [0.3, 0.4) is 0 Å². The standard InChI is InChI=1S/C9H22N2/c1-5-7-9(3,8-10)11(4)6-2/h5-8,10H2,1-4H3. The normalized spacial score (nSPS) is 16.9. The van der Waals surface area contributed by atoms with Crippen molar-refractivity contribution in [1.82, 2.24) is 4.90 Å². The first-order valence-corrected chi connectivity index (χ1v) is 4.52. The van der Waals surface area contributed by atoms with Gasteiger partial charge in [0.2, 0.25) is 0 Å². The molecule has 11 heavy (non-hydrogen) atoms. The fraction of sp³-hybridized carbons (Fsp3) is 1.00. The van der Waals surface area contributed by atoms with Crippen LogP contribution in [-0.4, -0.2) is 30.6 Å². The van der Waals surface area contributed by atoms with Gasteiger partial charge in [0.15, 0.2) is 0 Å². The molecule has 0 aromatic carbocycles. The Labute approximate surface area is 70.8 Å². The zero-order valence-electron chi connectivity index (χ0n) is 8.35. The van der Waals surface area contributed by atoms with Crippen molar-refractivity contribution in [3.63, 3.8) is 0 Å². The van der Waals surface area contributed by atoms with E-state index in [-0.39, 0.29) is 5.54 Å². The molecule has 0 aliphatic carbocycles. The summed E-state index contributed by atoms with van der Waals surface area (Å²) in [5.41, 5.74) is 5.94. The maximum absolute atomic E-state index is 5.73. The maximum Gasteiger partial charge on any atom is 0.0300 e. The summed E-state index contributed by atoms with van der Waals surface area (Å²) in [6.07, 6.45) is 2.39. The van der Waals surface area contributed by atoms with E-state index in [4.69, 9.17) is 5.73 Å². The Balaban J connectivity index is 4.07. The van der Waals surface area contributed by atoms with E-state index in [0.29, 0.717) is 0 Å². The second-order valence-electron chi connectivity index (χ2n) is 3.47. The van der Waals surface area contributed by atoms with Gasteiger partial charge in [0, 0.05) is 12.1 Å². The molecule has 0 aliphatic rings. The Morgan fingerprint density at radius 1 is 1.36 bits per heavy atom. The highest BCUT2D eigenvalue weighted by atomic mass is 15.2. The van der Waals surface area contributed by atoms with E-state index in [1.54, 1.807) is 0 Å². The molecule has 0 saturated carbocycles. The molecule has 0 rings (SSSR count). The average Bonchev–Trinajstić information content (AvgIpc) is 2.03. The maximum atomic E-state index is 5.73. The van der Waals surface area contributed by atoms with Crippen LogP contribution in [0.15, 0.2) is 0 Å². The van der Waals surface area contributed by atoms with Gasteiger partial charge in [-0.25, -0.2) is 0 Å². The molecule has 0 saturated heterocycles. The van der Waals surface area contributed by atoms with Crippen molar-refractivity contribution >= 4 is 0 Å². The first-order valence-electron chi connectivity index (χ1n) is 4.52. The molecule has 0 radical (unpaired) electrons. The lowest BCUT2D eigenvalue weighted by Crippen LogP contribution is -2.49. The summed E-state index contributed by atoms with van der Waals surface area (Å²) in [6.45, 7) is 8.44. The predicted molar refractivity (Wildman–Crippen MR) is 50.7 cm³/mol. The molecule has 0 fully saturated rings. The molecule has 2 nitrogen and oxygen atoms in total. The molecule has 0 aromatic rings. The van der Waals surface area contributed by atoms with Gasteiger partial charge in [0.25, 0.3) is 0 Å². The average molecular weight is 158 g/mol. The number of nitrogens with zero attached hydrogens (tertiary/aromatic N) is 1. The van der Waals surface area contributed by atoms with Crippen molar-refractivity contribution < 1.29 is 0 Å². The van der Waals surface area contributed by atoms with E-state index in [1.165, 1.54) is 12.8 Å². The summed E-state index contributed by atoms with van der Waals surface area (Å²) >= 11 is 0. The summed E-state index contributed by atoms with van der Waals surface area (Å²) in [5.74, 6) is 0. The van der Waals surface area contributed by atoms with E-state index in [2.05, 4.69) is 32.7 Å². The monoisotopic (exact) mass is 158 g/mol. The molecule has 0 amide bonds. The zero-order valence-corrected chi connectivity index (χ0v) is 8.35. The number of likely N-dealkylation sites (N-methyl/N-ethyl adjacent to an activating group) is 1. The SMILES string of the molecule is CCCC(C)(CN)N(C)CC. The molecule has 0 aromatic heterocycles. The zero-order chi connectivity index (χ0) is 8.91. The van der Waals surface area contributed by atoms with Crippen LogP contribution in [0.1, 0.15) is 33.6 Å². The molecule has 0 heterocycles. The largest absolute Gasteiger partial charge is 0.329 e. The molecule has 1 atom stereocenters. The fourth-order valence-electron chi connectivity index (χ4n) is 1.37. The quantitative estimate of drug-likeness (QED) is 0.656. The van der Waals surface area contributed by atoms with Crippen LogP contribution in [0.2, 0.25) is 0 Å². The van der Waals surface area contributed by atoms with Gasteiger partial charge in [0.05, 0.1) is 0 Å². The van der Waals surface area contributed by atoms with Crippen molar-refractivity contribution in [1.29, 1.82) is 0 Å². The lowest BCUT2D eigenvalue weighted by atomic mass is 9.94. The number of rotatable bonds is 5. The van der Waals surface area contributed by atoms with E-state index >= 15 is 0 Å². The molecule has 0 bridgehead atoms. The first-order chi connectivity index (χ1) is 5.10. The smallest absolute Gasteiger partial charge is 0.0300 e. The Bertz CT molecular complexity index is 104. The lowest BCUT2D eigenvalue weighted by Gasteiger charge is -2.37. The van der Waals surface area contributed by atoms with Crippen LogP contribution >= 0.6 is 0 Å². The molecule has 0 aliphatic heterocycles. The molecule has 2 N–H and O–H groups in total. The molecular formula is C9H22N2. The molecule has 68 valence electrons. The highest BCUT2D eigenvalue weighted by Crippen LogP contribution is 2.17. The highest BCUT2D eigenvalue weighted by molar-refractivity contribution is 4.84. The van der Waals surface area contributed by atoms with Crippen LogP contribution in [0.5, 0.6) is 0 Å². The molecule has 1 unspecified atom stereocenters. The topological polar surface area (TPSA) is 29.3 Å². The molecule has 0 spiro atoms. The van der Waals surface area contributed by atoms with Crippen LogP contribution in [-0.2, 0) is 0 Å². The van der Waals surface area contributed by atoms with Gasteiger partial charge in [-0.2, -0.15) is 0 Å². The van der Waals surface area contributed by atoms with Gasteiger partial charge < -0.3 is 5.73 Å². The van der Waals surface area contributed by atoms with Gasteiger partial charge in [-0.3, -0.25) is 4.90 Å². The summed E-state index contributed by atoms with van der Waals surface area (Å²) in [4.78, 5) is 2.33. The van der Waals surface area contributed by atoms with E-state index in [0.717, 1.165) is 13.1 Å². The minimum atomic E-state index is 0.212. The van der Waals surface area contributed by atoms with Gasteiger partial charge in [-0.05, 0) is 26.9 Å². The first kappa shape index (κ1) is 10.9. The van der Waals surface area contributed by atoms with Crippen molar-refractivity contribution in [2.75, 3.05) is 20.1 Å². The predicted octanol–water partition coefficient (Wildman–Crippen LogP) is 1.46. The molecular weight excluding hydrogens is 136 g/mol. The Kier molecular flexibility index (Phi) is 4.69. The van der Waals surface area contributed by atoms with Crippen molar-refractivity contribution in [3.05, 3.63) is 0 Å². The van der Waals surface area contributed by atoms with Crippen LogP contribution in [0.4, 0.5) is 0 Å². The van der Waals surface area contributed by atoms with Gasteiger partial charge in [0.1, 0.15) is 0 Å². The number of hydrogen-bond acceptors (Lipinski definition) is 2. The van der Waals surface area contributed by atoms with Crippen LogP contribution < -0.4 is 5.73 Å². The minimum Gasteiger partial charge on any atom is -0.329 e. The van der Waals surface area contributed by atoms with E-state index in [1.807, 2.05) is 0 Å². The summed E-state index contributed by atoms with van der Waals surface area (Å²) in [5, 5.41) is 0. The summed E-state index contributed by atoms with van der Waals surface area (Å²) in [7, 11) is 2.14. The van der Waals surface area contributed by atoms with E-state index in [9.17, 15) is 0 Å². The Morgan fingerprint density at radius 2 is 1.91 bits per heavy atom. The Hall–Kier alpha value is -0.0800. The van der Waals surface area contributed by atoms with Gasteiger partial charge >= 0.3 is 0 Å². The second-order valence-corrected chi connectivity index (χ2v) is 3.47. The molecule has 2 heteroatoms. The van der Waals surface area contributed by atoms with Crippen LogP contribution in [0, 0.1) is 0 Å². The second kappa shape index (κ2) is 4.73. The highest BCUT2D eigenvalue weighted by Gasteiger charge is 2.24. The van der Waals surface area contributed by atoms with Crippen molar-refractivity contribution in [2.45, 2.75) is 39.2 Å². The van der Waals surface area contributed by atoms with Crippen molar-refractivity contribution in [3.8, 4) is 0 Å². The van der Waals surface area contributed by atoms with E-state index < -0.39 is 0 Å². The minimum absolute atomic E-state index is 0.212. The number of nitrogens with two attached hydrogens (primary N) is 1. The van der Waals surface area contributed by atoms with Crippen LogP contribution in [0.25, 0.3) is 0 Å². The third-order valence-electron chi connectivity index (χ3n) is 2.62. The summed E-state index contributed by atoms with van der Waals surface area (Å²) < 4.78 is 0.